The molecule has 22 heavy (non-hydrogen) atoms. The second kappa shape index (κ2) is 7.49. The van der Waals surface area contributed by atoms with Crippen LogP contribution in [0.25, 0.3) is 10.9 Å². The van der Waals surface area contributed by atoms with E-state index in [0.29, 0.717) is 43.7 Å². The number of rotatable bonds is 7. The molecule has 1 amide bonds. The monoisotopic (exact) mass is 326 g/mol. The number of hydrogen-bond acceptors (Lipinski definition) is 2. The van der Waals surface area contributed by atoms with Gasteiger partial charge in [-0.2, -0.15) is 0 Å². The zero-order valence-corrected chi connectivity index (χ0v) is 13.5. The Hall–Kier alpha value is -1.75. The first kappa shape index (κ1) is 16.6. The first-order valence-electron chi connectivity index (χ1n) is 7.45. The lowest BCUT2D eigenvalue weighted by atomic mass is 10.1. The molecule has 0 aliphatic rings. The number of hydrogen-bond donors (Lipinski definition) is 2. The molecule has 6 heteroatoms. The van der Waals surface area contributed by atoms with Crippen LogP contribution < -0.4 is 10.1 Å². The number of aromatic amines is 1. The molecule has 0 spiro atoms. The highest BCUT2D eigenvalue weighted by atomic mass is 35.5. The molecule has 2 aromatic rings. The second-order valence-corrected chi connectivity index (χ2v) is 5.36. The molecule has 1 heterocycles. The number of ether oxygens (including phenoxy) is 1. The Morgan fingerprint density at radius 1 is 1.45 bits per heavy atom. The first-order valence-corrected chi connectivity index (χ1v) is 7.83. The molecule has 0 radical (unpaired) electrons. The van der Waals surface area contributed by atoms with Crippen molar-refractivity contribution in [2.45, 2.75) is 33.1 Å². The maximum absolute atomic E-state index is 14.2. The fourth-order valence-corrected chi connectivity index (χ4v) is 2.63. The summed E-state index contributed by atoms with van der Waals surface area (Å²) in [6.45, 7) is 4.76. The van der Waals surface area contributed by atoms with Crippen molar-refractivity contribution in [1.82, 2.24) is 10.3 Å². The molecule has 120 valence electrons. The van der Waals surface area contributed by atoms with Crippen LogP contribution in [0.1, 0.15) is 32.3 Å². The molecule has 0 aliphatic heterocycles. The van der Waals surface area contributed by atoms with Crippen LogP contribution in [0.3, 0.4) is 0 Å². The highest BCUT2D eigenvalue weighted by Gasteiger charge is 2.16. The van der Waals surface area contributed by atoms with E-state index in [1.54, 1.807) is 12.3 Å². The molecule has 1 aromatic heterocycles. The Kier molecular flexibility index (Phi) is 5.66. The van der Waals surface area contributed by atoms with E-state index in [1.807, 2.05) is 13.8 Å². The first-order chi connectivity index (χ1) is 10.6. The molecule has 2 N–H and O–H groups in total. The molecule has 0 bridgehead atoms. The normalized spacial score (nSPS) is 10.9. The van der Waals surface area contributed by atoms with Gasteiger partial charge in [-0.05, 0) is 38.3 Å². The Balaban J connectivity index is 2.19. The average molecular weight is 327 g/mol. The van der Waals surface area contributed by atoms with Crippen molar-refractivity contribution in [2.24, 2.45) is 0 Å². The number of halogens is 2. The number of carbonyl (C=O) groups is 1. The largest absolute Gasteiger partial charge is 0.492 e. The van der Waals surface area contributed by atoms with E-state index in [4.69, 9.17) is 16.3 Å². The van der Waals surface area contributed by atoms with Crippen LogP contribution in [0, 0.1) is 5.82 Å². The minimum absolute atomic E-state index is 0.00919. The van der Waals surface area contributed by atoms with E-state index >= 15 is 0 Å². The second-order valence-electron chi connectivity index (χ2n) is 4.98. The summed E-state index contributed by atoms with van der Waals surface area (Å²) in [6, 6.07) is 1.75. The van der Waals surface area contributed by atoms with Crippen LogP contribution in [-0.4, -0.2) is 24.0 Å². The summed E-state index contributed by atoms with van der Waals surface area (Å²) >= 11 is 5.97. The number of carbonyl (C=O) groups excluding carboxylic acids is 1. The molecule has 0 fully saturated rings. The number of nitrogens with one attached hydrogen (secondary N) is 2. The van der Waals surface area contributed by atoms with Crippen LogP contribution in [0.5, 0.6) is 5.75 Å². The zero-order chi connectivity index (χ0) is 16.1. The molecule has 4 nitrogen and oxygen atoms in total. The van der Waals surface area contributed by atoms with Crippen molar-refractivity contribution >= 4 is 28.4 Å². The molecule has 0 atom stereocenters. The SMILES string of the molecule is CCNC(=O)CCCc1c[nH]c2c(F)c(Cl)c(OCC)cc12. The summed E-state index contributed by atoms with van der Waals surface area (Å²) in [4.78, 5) is 14.4. The fraction of sp³-hybridized carbons (Fsp3) is 0.438. The molecular weight excluding hydrogens is 307 g/mol. The van der Waals surface area contributed by atoms with Crippen molar-refractivity contribution in [3.63, 3.8) is 0 Å². The smallest absolute Gasteiger partial charge is 0.219 e. The van der Waals surface area contributed by atoms with Gasteiger partial charge in [0.05, 0.1) is 12.1 Å². The summed E-state index contributed by atoms with van der Waals surface area (Å²) in [6.07, 6.45) is 3.60. The van der Waals surface area contributed by atoms with Crippen LogP contribution >= 0.6 is 11.6 Å². The Labute approximate surface area is 134 Å². The summed E-state index contributed by atoms with van der Waals surface area (Å²) in [5, 5.41) is 3.50. The number of aromatic nitrogens is 1. The number of benzene rings is 1. The van der Waals surface area contributed by atoms with Crippen molar-refractivity contribution < 1.29 is 13.9 Å². The minimum atomic E-state index is -0.502. The van der Waals surface area contributed by atoms with E-state index in [2.05, 4.69) is 10.3 Å². The highest BCUT2D eigenvalue weighted by molar-refractivity contribution is 6.33. The van der Waals surface area contributed by atoms with Crippen LogP contribution in [0.15, 0.2) is 12.3 Å². The number of amides is 1. The lowest BCUT2D eigenvalue weighted by Crippen LogP contribution is -2.22. The van der Waals surface area contributed by atoms with Crippen molar-refractivity contribution in [1.29, 1.82) is 0 Å². The van der Waals surface area contributed by atoms with Gasteiger partial charge in [0.15, 0.2) is 5.82 Å². The Morgan fingerprint density at radius 2 is 2.23 bits per heavy atom. The molecule has 0 aliphatic carbocycles. The number of aryl methyl sites for hydroxylation is 1. The predicted molar refractivity (Wildman–Crippen MR) is 86.1 cm³/mol. The maximum Gasteiger partial charge on any atom is 0.219 e. The lowest BCUT2D eigenvalue weighted by Gasteiger charge is -2.08. The van der Waals surface area contributed by atoms with Crippen molar-refractivity contribution in [3.05, 3.63) is 28.7 Å². The molecule has 0 saturated heterocycles. The predicted octanol–water partition coefficient (Wildman–Crippen LogP) is 3.82. The third-order valence-corrected chi connectivity index (χ3v) is 3.79. The van der Waals surface area contributed by atoms with Gasteiger partial charge in [0.1, 0.15) is 10.8 Å². The topological polar surface area (TPSA) is 54.1 Å². The lowest BCUT2D eigenvalue weighted by molar-refractivity contribution is -0.121. The van der Waals surface area contributed by atoms with E-state index in [-0.39, 0.29) is 10.9 Å². The van der Waals surface area contributed by atoms with E-state index in [1.165, 1.54) is 0 Å². The average Bonchev–Trinajstić information content (AvgIpc) is 2.88. The molecule has 1 aromatic carbocycles. The van der Waals surface area contributed by atoms with Gasteiger partial charge in [-0.15, -0.1) is 0 Å². The number of H-pyrrole nitrogens is 1. The van der Waals surface area contributed by atoms with Crippen LogP contribution in [0.2, 0.25) is 5.02 Å². The van der Waals surface area contributed by atoms with Crippen LogP contribution in [-0.2, 0) is 11.2 Å². The summed E-state index contributed by atoms with van der Waals surface area (Å²) in [7, 11) is 0. The van der Waals surface area contributed by atoms with E-state index in [0.717, 1.165) is 10.9 Å². The Morgan fingerprint density at radius 3 is 2.91 bits per heavy atom. The molecule has 0 unspecified atom stereocenters. The summed E-state index contributed by atoms with van der Waals surface area (Å²) in [5.41, 5.74) is 1.33. The third-order valence-electron chi connectivity index (χ3n) is 3.43. The minimum Gasteiger partial charge on any atom is -0.492 e. The number of fused-ring (bicyclic) bond motifs is 1. The third kappa shape index (κ3) is 3.53. The Bertz CT molecular complexity index is 670. The van der Waals surface area contributed by atoms with E-state index < -0.39 is 5.82 Å². The standard InChI is InChI=1S/C16H20ClFN2O2/c1-3-19-13(21)7-5-6-10-9-20-16-11(10)8-12(22-4-2)14(17)15(16)18/h8-9,20H,3-7H2,1-2H3,(H,19,21). The van der Waals surface area contributed by atoms with Gasteiger partial charge in [0.25, 0.3) is 0 Å². The zero-order valence-electron chi connectivity index (χ0n) is 12.8. The van der Waals surface area contributed by atoms with Gasteiger partial charge in [0, 0.05) is 24.5 Å². The van der Waals surface area contributed by atoms with Crippen molar-refractivity contribution in [2.75, 3.05) is 13.2 Å². The summed E-state index contributed by atoms with van der Waals surface area (Å²) in [5.74, 6) is -0.122. The van der Waals surface area contributed by atoms with Gasteiger partial charge in [0.2, 0.25) is 5.91 Å². The van der Waals surface area contributed by atoms with E-state index in [9.17, 15) is 9.18 Å². The summed E-state index contributed by atoms with van der Waals surface area (Å²) < 4.78 is 19.6. The molecule has 2 rings (SSSR count). The fourth-order valence-electron chi connectivity index (χ4n) is 2.43. The van der Waals surface area contributed by atoms with Crippen molar-refractivity contribution in [3.8, 4) is 5.75 Å². The van der Waals surface area contributed by atoms with Gasteiger partial charge in [-0.25, -0.2) is 4.39 Å². The maximum atomic E-state index is 14.2. The van der Waals surface area contributed by atoms with Gasteiger partial charge < -0.3 is 15.0 Å². The van der Waals surface area contributed by atoms with Gasteiger partial charge in [-0.1, -0.05) is 11.6 Å². The van der Waals surface area contributed by atoms with Crippen LogP contribution in [0.4, 0.5) is 4.39 Å². The van der Waals surface area contributed by atoms with Gasteiger partial charge in [-0.3, -0.25) is 4.79 Å². The van der Waals surface area contributed by atoms with Gasteiger partial charge >= 0.3 is 0 Å². The quantitative estimate of drug-likeness (QED) is 0.812. The highest BCUT2D eigenvalue weighted by Crippen LogP contribution is 2.35. The molecule has 0 saturated carbocycles. The molecular formula is C16H20ClFN2O2.